The van der Waals surface area contributed by atoms with Crippen LogP contribution in [-0.2, 0) is 13.1 Å². The Kier molecular flexibility index (Phi) is 7.03. The Morgan fingerprint density at radius 2 is 1.48 bits per heavy atom. The number of aromatic nitrogens is 2. The number of pyridine rings is 2. The van der Waals surface area contributed by atoms with E-state index in [2.05, 4.69) is 21.8 Å². The van der Waals surface area contributed by atoms with Gasteiger partial charge in [-0.15, -0.1) is 0 Å². The van der Waals surface area contributed by atoms with Crippen molar-refractivity contribution in [1.29, 1.82) is 0 Å². The van der Waals surface area contributed by atoms with Crippen LogP contribution in [0.5, 0.6) is 11.5 Å². The van der Waals surface area contributed by atoms with Gasteiger partial charge in [-0.2, -0.15) is 0 Å². The van der Waals surface area contributed by atoms with Crippen molar-refractivity contribution in [1.82, 2.24) is 19.8 Å². The summed E-state index contributed by atoms with van der Waals surface area (Å²) in [6.45, 7) is 4.55. The van der Waals surface area contributed by atoms with Gasteiger partial charge in [0.15, 0.2) is 5.75 Å². The lowest BCUT2D eigenvalue weighted by atomic mass is 10.0. The van der Waals surface area contributed by atoms with Gasteiger partial charge in [0.1, 0.15) is 16.8 Å². The predicted octanol–water partition coefficient (Wildman–Crippen LogP) is 4.12. The van der Waals surface area contributed by atoms with Crippen LogP contribution in [0.3, 0.4) is 0 Å². The molecule has 2 aromatic heterocycles. The summed E-state index contributed by atoms with van der Waals surface area (Å²) in [6, 6.07) is 15.5. The highest BCUT2D eigenvalue weighted by Crippen LogP contribution is 2.30. The molecular formula is C26H30N4O3. The van der Waals surface area contributed by atoms with Crippen LogP contribution in [-0.4, -0.2) is 57.0 Å². The van der Waals surface area contributed by atoms with Crippen molar-refractivity contribution in [2.24, 2.45) is 0 Å². The van der Waals surface area contributed by atoms with Gasteiger partial charge in [0.05, 0.1) is 0 Å². The summed E-state index contributed by atoms with van der Waals surface area (Å²) < 4.78 is 5.73. The molecule has 4 rings (SSSR count). The van der Waals surface area contributed by atoms with E-state index in [0.29, 0.717) is 11.3 Å². The maximum Gasteiger partial charge on any atom is 0.259 e. The second-order valence-corrected chi connectivity index (χ2v) is 8.38. The van der Waals surface area contributed by atoms with E-state index in [4.69, 9.17) is 4.74 Å². The highest BCUT2D eigenvalue weighted by Gasteiger charge is 2.16. The number of aromatic hydroxyl groups is 1. The van der Waals surface area contributed by atoms with E-state index in [-0.39, 0.29) is 5.75 Å². The van der Waals surface area contributed by atoms with Crippen molar-refractivity contribution in [3.63, 3.8) is 0 Å². The Balaban J connectivity index is 1.65. The van der Waals surface area contributed by atoms with Crippen LogP contribution in [0.25, 0.3) is 21.8 Å². The zero-order valence-corrected chi connectivity index (χ0v) is 19.3. The minimum absolute atomic E-state index is 0.198. The quantitative estimate of drug-likeness (QED) is 0.374. The van der Waals surface area contributed by atoms with Gasteiger partial charge < -0.3 is 14.9 Å². The Morgan fingerprint density at radius 3 is 2.12 bits per heavy atom. The van der Waals surface area contributed by atoms with Gasteiger partial charge in [-0.05, 0) is 62.5 Å². The molecule has 0 aliphatic carbocycles. The van der Waals surface area contributed by atoms with Crippen molar-refractivity contribution in [3.05, 3.63) is 72.1 Å². The fraction of sp³-hybridized carbons (Fsp3) is 0.308. The molecule has 7 nitrogen and oxygen atoms in total. The molecule has 2 aromatic carbocycles. The maximum atomic E-state index is 10.2. The van der Waals surface area contributed by atoms with Gasteiger partial charge in [-0.3, -0.25) is 19.8 Å². The molecule has 0 bridgehead atoms. The van der Waals surface area contributed by atoms with E-state index in [1.807, 2.05) is 42.5 Å². The maximum absolute atomic E-state index is 10.2. The Labute approximate surface area is 193 Å². The first-order chi connectivity index (χ1) is 16.0. The number of phenolic OH excluding ortho intramolecular Hbond substituents is 1. The van der Waals surface area contributed by atoms with Crippen LogP contribution in [0.1, 0.15) is 24.5 Å². The third kappa shape index (κ3) is 5.06. The molecule has 1 unspecified atom stereocenters. The molecule has 0 aliphatic heterocycles. The van der Waals surface area contributed by atoms with E-state index in [9.17, 15) is 10.2 Å². The fourth-order valence-electron chi connectivity index (χ4n) is 4.02. The first-order valence-electron chi connectivity index (χ1n) is 11.1. The van der Waals surface area contributed by atoms with Crippen LogP contribution < -0.4 is 4.74 Å². The normalized spacial score (nSPS) is 12.7. The number of hydrogen-bond donors (Lipinski definition) is 2. The molecule has 4 aromatic rings. The summed E-state index contributed by atoms with van der Waals surface area (Å²) in [5.41, 5.74) is 3.62. The molecule has 33 heavy (non-hydrogen) atoms. The van der Waals surface area contributed by atoms with Crippen LogP contribution in [0.15, 0.2) is 60.9 Å². The topological polar surface area (TPSA) is 82.0 Å². The summed E-state index contributed by atoms with van der Waals surface area (Å²) in [5.74, 6) is 0.747. The molecule has 0 aliphatic rings. The number of ether oxygens (including phenoxy) is 1. The molecule has 0 radical (unpaired) electrons. The Morgan fingerprint density at radius 1 is 0.879 bits per heavy atom. The number of nitrogens with zero attached hydrogens (tertiary/aromatic N) is 4. The van der Waals surface area contributed by atoms with Gasteiger partial charge in [0, 0.05) is 36.3 Å². The fourth-order valence-corrected chi connectivity index (χ4v) is 4.02. The van der Waals surface area contributed by atoms with Crippen molar-refractivity contribution in [2.45, 2.75) is 32.8 Å². The van der Waals surface area contributed by atoms with Crippen LogP contribution in [0, 0.1) is 0 Å². The van der Waals surface area contributed by atoms with E-state index < -0.39 is 6.41 Å². The van der Waals surface area contributed by atoms with Gasteiger partial charge in [-0.1, -0.05) is 31.2 Å². The second kappa shape index (κ2) is 10.1. The highest BCUT2D eigenvalue weighted by molar-refractivity contribution is 5.88. The number of aliphatic hydroxyl groups is 1. The van der Waals surface area contributed by atoms with Crippen molar-refractivity contribution in [3.8, 4) is 11.5 Å². The molecular weight excluding hydrogens is 416 g/mol. The number of rotatable bonds is 9. The first-order valence-corrected chi connectivity index (χ1v) is 11.1. The van der Waals surface area contributed by atoms with Crippen molar-refractivity contribution < 1.29 is 14.9 Å². The molecule has 0 saturated heterocycles. The van der Waals surface area contributed by atoms with Crippen molar-refractivity contribution in [2.75, 3.05) is 20.6 Å². The average Bonchev–Trinajstić information content (AvgIpc) is 2.82. The van der Waals surface area contributed by atoms with Gasteiger partial charge in [-0.25, -0.2) is 0 Å². The number of benzene rings is 2. The summed E-state index contributed by atoms with van der Waals surface area (Å²) in [5, 5.41) is 22.3. The van der Waals surface area contributed by atoms with E-state index in [1.54, 1.807) is 37.5 Å². The van der Waals surface area contributed by atoms with E-state index >= 15 is 0 Å². The SMILES string of the molecule is CCCN(Cc1ccc(O)c2ncccc12)Cc1ccc(OC(O)N(C)C)c2ncccc12. The van der Waals surface area contributed by atoms with Gasteiger partial charge in [0.25, 0.3) is 6.41 Å². The van der Waals surface area contributed by atoms with E-state index in [0.717, 1.165) is 53.5 Å². The third-order valence-corrected chi connectivity index (χ3v) is 5.66. The molecule has 0 saturated carbocycles. The third-order valence-electron chi connectivity index (χ3n) is 5.66. The standard InChI is InChI=1S/C26H30N4O3/c1-4-15-30(16-18-9-11-22(31)24-20(18)7-5-13-27-24)17-19-10-12-23(33-26(32)29(2)3)25-21(19)8-6-14-28-25/h5-14,26,31-32H,4,15-17H2,1-3H3. The second-order valence-electron chi connectivity index (χ2n) is 8.38. The lowest BCUT2D eigenvalue weighted by Gasteiger charge is -2.24. The van der Waals surface area contributed by atoms with Crippen LogP contribution in [0.4, 0.5) is 0 Å². The first kappa shape index (κ1) is 22.9. The largest absolute Gasteiger partial charge is 0.506 e. The molecule has 0 fully saturated rings. The number of phenols is 1. The Bertz CT molecular complexity index is 1240. The number of fused-ring (bicyclic) bond motifs is 2. The average molecular weight is 447 g/mol. The number of hydrogen-bond acceptors (Lipinski definition) is 7. The Hall–Kier alpha value is -3.26. The molecule has 7 heteroatoms. The molecule has 1 atom stereocenters. The summed E-state index contributed by atoms with van der Waals surface area (Å²) in [7, 11) is 3.50. The molecule has 172 valence electrons. The smallest absolute Gasteiger partial charge is 0.259 e. The monoisotopic (exact) mass is 446 g/mol. The van der Waals surface area contributed by atoms with Gasteiger partial charge in [0.2, 0.25) is 0 Å². The summed E-state index contributed by atoms with van der Waals surface area (Å²) in [6.07, 6.45) is 3.40. The molecule has 2 heterocycles. The minimum atomic E-state index is -1.05. The van der Waals surface area contributed by atoms with Crippen LogP contribution >= 0.6 is 0 Å². The molecule has 0 spiro atoms. The minimum Gasteiger partial charge on any atom is -0.506 e. The van der Waals surface area contributed by atoms with Crippen molar-refractivity contribution >= 4 is 21.8 Å². The zero-order valence-electron chi connectivity index (χ0n) is 19.3. The highest BCUT2D eigenvalue weighted by atomic mass is 16.6. The summed E-state index contributed by atoms with van der Waals surface area (Å²) in [4.78, 5) is 12.9. The zero-order chi connectivity index (χ0) is 23.4. The lowest BCUT2D eigenvalue weighted by Crippen LogP contribution is -2.33. The summed E-state index contributed by atoms with van der Waals surface area (Å²) >= 11 is 0. The molecule has 0 amide bonds. The molecule has 2 N–H and O–H groups in total. The van der Waals surface area contributed by atoms with Crippen LogP contribution in [0.2, 0.25) is 0 Å². The lowest BCUT2D eigenvalue weighted by molar-refractivity contribution is -0.113. The predicted molar refractivity (Wildman–Crippen MR) is 130 cm³/mol. The van der Waals surface area contributed by atoms with E-state index in [1.165, 1.54) is 0 Å². The number of aliphatic hydroxyl groups excluding tert-OH is 1. The van der Waals surface area contributed by atoms with Gasteiger partial charge >= 0.3 is 0 Å².